The topological polar surface area (TPSA) is 34.1 Å². The Morgan fingerprint density at radius 3 is 1.20 bits per heavy atom. The van der Waals surface area contributed by atoms with Crippen molar-refractivity contribution in [3.8, 4) is 0 Å². The van der Waals surface area contributed by atoms with Crippen LogP contribution in [0.3, 0.4) is 0 Å². The normalized spacial score (nSPS) is 8.40. The third-order valence-corrected chi connectivity index (χ3v) is 0. The fourth-order valence-corrected chi connectivity index (χ4v) is 0. The molecule has 0 bridgehead atoms. The van der Waals surface area contributed by atoms with E-state index in [-0.39, 0.29) is 0 Å². The molecule has 3 heteroatoms. The van der Waals surface area contributed by atoms with Crippen LogP contribution < -0.4 is 0 Å². The van der Waals surface area contributed by atoms with E-state index in [0.29, 0.717) is 0 Å². The van der Waals surface area contributed by atoms with Gasteiger partial charge in [-0.15, -0.1) is 0 Å². The van der Waals surface area contributed by atoms with E-state index in [1.807, 2.05) is 0 Å². The van der Waals surface area contributed by atoms with Crippen LogP contribution >= 0.6 is 0 Å². The second-order valence-electron chi connectivity index (χ2n) is 1.40. The predicted molar refractivity (Wildman–Crippen MR) is 13.1 cm³/mol. The molecule has 0 aromatic rings. The van der Waals surface area contributed by atoms with E-state index in [1.54, 1.807) is 0 Å². The zero-order chi connectivity index (χ0) is 4.50. The van der Waals surface area contributed by atoms with Crippen molar-refractivity contribution in [1.29, 1.82) is 0 Å². The van der Waals surface area contributed by atoms with Gasteiger partial charge in [0.05, 0.1) is 0 Å². The monoisotopic (exact) mass is 242 g/mol. The van der Waals surface area contributed by atoms with Crippen LogP contribution in [0.25, 0.3) is 0 Å². The first kappa shape index (κ1) is 5.47. The molecular weight excluding hydrogens is 235 g/mol. The standard InChI is InChI=1S/2CH3.Hf.2O/h2*1H3;;;. The Morgan fingerprint density at radius 1 is 1.20 bits per heavy atom. The Bertz CT molecular complexity index is 90.8. The van der Waals surface area contributed by atoms with Gasteiger partial charge in [-0.25, -0.2) is 0 Å². The van der Waals surface area contributed by atoms with Crippen molar-refractivity contribution in [1.82, 2.24) is 0 Å². The Labute approximate surface area is 35.4 Å². The van der Waals surface area contributed by atoms with Gasteiger partial charge in [0.25, 0.3) is 0 Å². The molecule has 0 heterocycles. The maximum absolute atomic E-state index is 9.77. The number of hydrogen-bond donors (Lipinski definition) is 0. The fraction of sp³-hybridized carbons (Fsp3) is 1.00. The van der Waals surface area contributed by atoms with Gasteiger partial charge in [-0.2, -0.15) is 0 Å². The third kappa shape index (κ3) is 123. The molecule has 0 aliphatic carbocycles. The Balaban J connectivity index is 4.06. The number of rotatable bonds is 0. The average Bonchev–Trinajstić information content (AvgIpc) is 0.722. The van der Waals surface area contributed by atoms with E-state index >= 15 is 0 Å². The van der Waals surface area contributed by atoms with Gasteiger partial charge in [-0.05, 0) is 0 Å². The first-order valence-corrected chi connectivity index (χ1v) is 11.5. The second-order valence-corrected chi connectivity index (χ2v) is 11.5. The summed E-state index contributed by atoms with van der Waals surface area (Å²) < 4.78 is 22.1. The SMILES string of the molecule is [CH3][Hf]([CH3])(=[O])=[O]. The predicted octanol–water partition coefficient (Wildman–Crippen LogP) is 0.927. The van der Waals surface area contributed by atoms with Crippen LogP contribution in [-0.2, 0) is 25.7 Å². The minimum atomic E-state index is -3.78. The quantitative estimate of drug-likeness (QED) is 0.590. The van der Waals surface area contributed by atoms with Crippen LogP contribution in [0.4, 0.5) is 0 Å². The van der Waals surface area contributed by atoms with E-state index in [9.17, 15) is 5.71 Å². The molecule has 0 atom stereocenters. The van der Waals surface area contributed by atoms with Gasteiger partial charge in [0, 0.05) is 0 Å². The van der Waals surface area contributed by atoms with E-state index < -0.39 is 20.0 Å². The third-order valence-electron chi connectivity index (χ3n) is 0. The molecule has 5 heavy (non-hydrogen) atoms. The summed E-state index contributed by atoms with van der Waals surface area (Å²) in [7, 11) is 0. The fourth-order valence-electron chi connectivity index (χ4n) is 0. The van der Waals surface area contributed by atoms with E-state index in [4.69, 9.17) is 0 Å². The summed E-state index contributed by atoms with van der Waals surface area (Å²) >= 11 is -3.78. The first-order chi connectivity index (χ1) is 2.00. The van der Waals surface area contributed by atoms with E-state index in [0.717, 1.165) is 0 Å². The molecule has 2 nitrogen and oxygen atoms in total. The summed E-state index contributed by atoms with van der Waals surface area (Å²) in [5.74, 6) is 0. The zero-order valence-corrected chi connectivity index (χ0v) is 6.91. The van der Waals surface area contributed by atoms with Crippen molar-refractivity contribution in [3.63, 3.8) is 0 Å². The van der Waals surface area contributed by atoms with Gasteiger partial charge >= 0.3 is 35.0 Å². The molecule has 0 rings (SSSR count). The van der Waals surface area contributed by atoms with Gasteiger partial charge in [-0.1, -0.05) is 0 Å². The summed E-state index contributed by atoms with van der Waals surface area (Å²) in [5.41, 5.74) is 0. The van der Waals surface area contributed by atoms with Gasteiger partial charge < -0.3 is 0 Å². The van der Waals surface area contributed by atoms with Crippen molar-refractivity contribution < 1.29 is 25.7 Å². The summed E-state index contributed by atoms with van der Waals surface area (Å²) in [5, 5.41) is 0. The summed E-state index contributed by atoms with van der Waals surface area (Å²) in [4.78, 5) is 0. The summed E-state index contributed by atoms with van der Waals surface area (Å²) in [6.07, 6.45) is 0. The second kappa shape index (κ2) is 1.29. The maximum atomic E-state index is 9.77. The molecule has 0 spiro atoms. The van der Waals surface area contributed by atoms with Crippen molar-refractivity contribution in [3.05, 3.63) is 0 Å². The Hall–Kier alpha value is 0.470. The van der Waals surface area contributed by atoms with E-state index in [1.165, 1.54) is 9.36 Å². The molecule has 0 N–H and O–H groups in total. The van der Waals surface area contributed by atoms with Crippen LogP contribution in [0.5, 0.6) is 0 Å². The molecule has 0 saturated heterocycles. The van der Waals surface area contributed by atoms with Gasteiger partial charge in [0.2, 0.25) is 0 Å². The molecular formula is C2H6HfO2. The van der Waals surface area contributed by atoms with Crippen molar-refractivity contribution in [2.75, 3.05) is 0 Å². The molecule has 0 aromatic carbocycles. The summed E-state index contributed by atoms with van der Waals surface area (Å²) in [6.45, 7) is 0. The molecule has 0 aliphatic rings. The molecule has 0 fully saturated rings. The van der Waals surface area contributed by atoms with Crippen molar-refractivity contribution >= 4 is 0 Å². The molecule has 0 aliphatic heterocycles. The van der Waals surface area contributed by atoms with Crippen LogP contribution in [0.2, 0.25) is 9.36 Å². The van der Waals surface area contributed by atoms with Gasteiger partial charge in [0.1, 0.15) is 0 Å². The average molecular weight is 241 g/mol. The Kier molecular flexibility index (Phi) is 1.41. The molecule has 0 unspecified atom stereocenters. The molecule has 0 radical (unpaired) electrons. The van der Waals surface area contributed by atoms with E-state index in [2.05, 4.69) is 0 Å². The molecule has 0 aromatic heterocycles. The van der Waals surface area contributed by atoms with Crippen LogP contribution in [-0.4, -0.2) is 0 Å². The van der Waals surface area contributed by atoms with Gasteiger partial charge in [-0.3, -0.25) is 0 Å². The van der Waals surface area contributed by atoms with Crippen LogP contribution in [0, 0.1) is 0 Å². The Morgan fingerprint density at radius 2 is 1.20 bits per heavy atom. The minimum absolute atomic E-state index is 1.30. The number of hydrogen-bond acceptors (Lipinski definition) is 2. The van der Waals surface area contributed by atoms with Crippen LogP contribution in [0.15, 0.2) is 0 Å². The van der Waals surface area contributed by atoms with Crippen LogP contribution in [0.1, 0.15) is 0 Å². The summed E-state index contributed by atoms with van der Waals surface area (Å²) in [6, 6.07) is 0. The first-order valence-electron chi connectivity index (χ1n) is 1.41. The van der Waals surface area contributed by atoms with Crippen molar-refractivity contribution in [2.45, 2.75) is 9.36 Å². The molecule has 30 valence electrons. The van der Waals surface area contributed by atoms with Gasteiger partial charge in [0.15, 0.2) is 0 Å². The zero-order valence-electron chi connectivity index (χ0n) is 3.32. The molecule has 0 amide bonds. The van der Waals surface area contributed by atoms with Crippen molar-refractivity contribution in [2.24, 2.45) is 0 Å². The molecule has 0 saturated carbocycles.